The fourth-order valence-corrected chi connectivity index (χ4v) is 4.30. The Hall–Kier alpha value is -3.33. The van der Waals surface area contributed by atoms with Crippen molar-refractivity contribution in [2.75, 3.05) is 0 Å². The monoisotopic (exact) mass is 395 g/mol. The Balaban J connectivity index is 1.79. The number of nitrogens with zero attached hydrogens (tertiary/aromatic N) is 1. The SMILES string of the molecule is Cc1nc(-c2ccccc2)c(C2c3ccccc3Oc3c2cccc3C(C)(C)C)o1. The molecular formula is C27H25NO2. The molecule has 1 atom stereocenters. The van der Waals surface area contributed by atoms with Gasteiger partial charge in [-0.3, -0.25) is 0 Å². The molecule has 4 aromatic rings. The lowest BCUT2D eigenvalue weighted by Crippen LogP contribution is -2.18. The molecule has 30 heavy (non-hydrogen) atoms. The van der Waals surface area contributed by atoms with Gasteiger partial charge in [0.15, 0.2) is 5.89 Å². The lowest BCUT2D eigenvalue weighted by molar-refractivity contribution is 0.411. The van der Waals surface area contributed by atoms with Crippen LogP contribution in [0.5, 0.6) is 11.5 Å². The topological polar surface area (TPSA) is 35.3 Å². The van der Waals surface area contributed by atoms with Crippen molar-refractivity contribution in [1.29, 1.82) is 0 Å². The van der Waals surface area contributed by atoms with Crippen LogP contribution in [0.15, 0.2) is 77.2 Å². The average Bonchev–Trinajstić information content (AvgIpc) is 3.12. The molecule has 0 radical (unpaired) electrons. The van der Waals surface area contributed by atoms with Gasteiger partial charge >= 0.3 is 0 Å². The van der Waals surface area contributed by atoms with Gasteiger partial charge in [-0.1, -0.05) is 87.5 Å². The van der Waals surface area contributed by atoms with Crippen molar-refractivity contribution in [3.05, 3.63) is 101 Å². The molecule has 3 nitrogen and oxygen atoms in total. The van der Waals surface area contributed by atoms with Crippen LogP contribution in [-0.2, 0) is 5.41 Å². The normalized spacial score (nSPS) is 15.3. The van der Waals surface area contributed by atoms with Gasteiger partial charge < -0.3 is 9.15 Å². The Morgan fingerprint density at radius 3 is 2.27 bits per heavy atom. The average molecular weight is 396 g/mol. The second-order valence-electron chi connectivity index (χ2n) is 8.86. The Morgan fingerprint density at radius 2 is 1.50 bits per heavy atom. The van der Waals surface area contributed by atoms with Gasteiger partial charge in [-0.2, -0.15) is 0 Å². The molecule has 1 aliphatic heterocycles. The van der Waals surface area contributed by atoms with Crippen molar-refractivity contribution in [3.8, 4) is 22.8 Å². The summed E-state index contributed by atoms with van der Waals surface area (Å²) in [5.41, 5.74) is 5.32. The van der Waals surface area contributed by atoms with E-state index in [-0.39, 0.29) is 11.3 Å². The number of rotatable bonds is 2. The van der Waals surface area contributed by atoms with Gasteiger partial charge in [-0.15, -0.1) is 0 Å². The van der Waals surface area contributed by atoms with E-state index in [9.17, 15) is 0 Å². The van der Waals surface area contributed by atoms with Crippen LogP contribution in [0.2, 0.25) is 0 Å². The first-order valence-electron chi connectivity index (χ1n) is 10.4. The van der Waals surface area contributed by atoms with Crippen molar-refractivity contribution in [3.63, 3.8) is 0 Å². The van der Waals surface area contributed by atoms with Gasteiger partial charge in [-0.25, -0.2) is 4.98 Å². The molecule has 1 unspecified atom stereocenters. The molecule has 0 N–H and O–H groups in total. The zero-order valence-electron chi connectivity index (χ0n) is 17.8. The molecule has 3 aromatic carbocycles. The highest BCUT2D eigenvalue weighted by atomic mass is 16.5. The molecule has 1 aromatic heterocycles. The van der Waals surface area contributed by atoms with Gasteiger partial charge in [0.1, 0.15) is 23.0 Å². The van der Waals surface area contributed by atoms with Crippen LogP contribution >= 0.6 is 0 Å². The predicted molar refractivity (Wildman–Crippen MR) is 119 cm³/mol. The summed E-state index contributed by atoms with van der Waals surface area (Å²) in [6.45, 7) is 8.56. The predicted octanol–water partition coefficient (Wildman–Crippen LogP) is 7.23. The molecule has 0 saturated heterocycles. The van der Waals surface area contributed by atoms with E-state index in [0.29, 0.717) is 5.89 Å². The maximum absolute atomic E-state index is 6.48. The van der Waals surface area contributed by atoms with Gasteiger partial charge in [0, 0.05) is 29.2 Å². The lowest BCUT2D eigenvalue weighted by Gasteiger charge is -2.32. The molecule has 0 spiro atoms. The molecule has 3 heteroatoms. The minimum Gasteiger partial charge on any atom is -0.456 e. The van der Waals surface area contributed by atoms with E-state index in [2.05, 4.69) is 63.2 Å². The fraction of sp³-hybridized carbons (Fsp3) is 0.222. The minimum absolute atomic E-state index is 0.0399. The van der Waals surface area contributed by atoms with Crippen molar-refractivity contribution >= 4 is 0 Å². The number of hydrogen-bond donors (Lipinski definition) is 0. The van der Waals surface area contributed by atoms with Crippen molar-refractivity contribution in [2.45, 2.75) is 39.0 Å². The Labute approximate surface area is 177 Å². The first-order valence-corrected chi connectivity index (χ1v) is 10.4. The number of benzene rings is 3. The summed E-state index contributed by atoms with van der Waals surface area (Å²) in [5.74, 6) is 3.26. The third-order valence-electron chi connectivity index (χ3n) is 5.68. The van der Waals surface area contributed by atoms with Crippen LogP contribution < -0.4 is 4.74 Å². The zero-order valence-corrected chi connectivity index (χ0v) is 17.8. The second-order valence-corrected chi connectivity index (χ2v) is 8.86. The molecule has 0 bridgehead atoms. The summed E-state index contributed by atoms with van der Waals surface area (Å²) >= 11 is 0. The molecular weight excluding hydrogens is 370 g/mol. The maximum atomic E-state index is 6.48. The van der Waals surface area contributed by atoms with E-state index in [1.54, 1.807) is 0 Å². The quantitative estimate of drug-likeness (QED) is 0.316. The van der Waals surface area contributed by atoms with Crippen molar-refractivity contribution < 1.29 is 9.15 Å². The van der Waals surface area contributed by atoms with Gasteiger partial charge in [0.2, 0.25) is 0 Å². The third kappa shape index (κ3) is 3.02. The van der Waals surface area contributed by atoms with Crippen LogP contribution in [0.25, 0.3) is 11.3 Å². The first kappa shape index (κ1) is 18.7. The largest absolute Gasteiger partial charge is 0.456 e. The van der Waals surface area contributed by atoms with Crippen LogP contribution in [0.1, 0.15) is 55.0 Å². The summed E-state index contributed by atoms with van der Waals surface area (Å²) in [4.78, 5) is 4.77. The molecule has 0 saturated carbocycles. The van der Waals surface area contributed by atoms with E-state index < -0.39 is 0 Å². The maximum Gasteiger partial charge on any atom is 0.191 e. The smallest absolute Gasteiger partial charge is 0.191 e. The van der Waals surface area contributed by atoms with Crippen LogP contribution in [0.3, 0.4) is 0 Å². The second kappa shape index (κ2) is 6.88. The molecule has 5 rings (SSSR count). The number of ether oxygens (including phenoxy) is 1. The van der Waals surface area contributed by atoms with Crippen LogP contribution in [0, 0.1) is 6.92 Å². The van der Waals surface area contributed by atoms with Crippen molar-refractivity contribution in [1.82, 2.24) is 4.98 Å². The summed E-state index contributed by atoms with van der Waals surface area (Å²) in [6.07, 6.45) is 0. The summed E-state index contributed by atoms with van der Waals surface area (Å²) < 4.78 is 12.8. The molecule has 0 fully saturated rings. The van der Waals surface area contributed by atoms with E-state index in [1.807, 2.05) is 37.3 Å². The molecule has 2 heterocycles. The van der Waals surface area contributed by atoms with Gasteiger partial charge in [0.25, 0.3) is 0 Å². The van der Waals surface area contributed by atoms with Gasteiger partial charge in [0.05, 0.1) is 5.92 Å². The highest BCUT2D eigenvalue weighted by molar-refractivity contribution is 5.68. The lowest BCUT2D eigenvalue weighted by atomic mass is 9.79. The molecule has 1 aliphatic rings. The minimum atomic E-state index is -0.0799. The number of aryl methyl sites for hydroxylation is 1. The number of para-hydroxylation sites is 2. The van der Waals surface area contributed by atoms with Gasteiger partial charge in [-0.05, 0) is 11.5 Å². The molecule has 150 valence electrons. The van der Waals surface area contributed by atoms with E-state index >= 15 is 0 Å². The third-order valence-corrected chi connectivity index (χ3v) is 5.68. The van der Waals surface area contributed by atoms with Crippen LogP contribution in [0.4, 0.5) is 0 Å². The Bertz CT molecular complexity index is 1220. The standard InChI is InChI=1S/C27H25NO2/c1-17-28-24(18-11-6-5-7-12-18)26(29-17)23-19-13-8-9-16-22(19)30-25-20(23)14-10-15-21(25)27(2,3)4/h5-16,23H,1-4H3. The summed E-state index contributed by atoms with van der Waals surface area (Å²) in [7, 11) is 0. The number of fused-ring (bicyclic) bond motifs is 2. The molecule has 0 amide bonds. The van der Waals surface area contributed by atoms with E-state index in [0.717, 1.165) is 39.6 Å². The fourth-order valence-electron chi connectivity index (χ4n) is 4.30. The van der Waals surface area contributed by atoms with Crippen molar-refractivity contribution in [2.24, 2.45) is 0 Å². The van der Waals surface area contributed by atoms with Crippen LogP contribution in [-0.4, -0.2) is 4.98 Å². The zero-order chi connectivity index (χ0) is 20.9. The van der Waals surface area contributed by atoms with E-state index in [1.165, 1.54) is 5.56 Å². The number of hydrogen-bond acceptors (Lipinski definition) is 3. The molecule has 0 aliphatic carbocycles. The first-order chi connectivity index (χ1) is 14.4. The highest BCUT2D eigenvalue weighted by Crippen LogP contribution is 2.51. The summed E-state index contributed by atoms with van der Waals surface area (Å²) in [5, 5.41) is 0. The Kier molecular flexibility index (Phi) is 4.28. The summed E-state index contributed by atoms with van der Waals surface area (Å²) in [6, 6.07) is 24.9. The van der Waals surface area contributed by atoms with E-state index in [4.69, 9.17) is 14.1 Å². The highest BCUT2D eigenvalue weighted by Gasteiger charge is 2.36. The Morgan fingerprint density at radius 1 is 0.800 bits per heavy atom. The number of aromatic nitrogens is 1. The number of oxazole rings is 1.